The third-order valence-corrected chi connectivity index (χ3v) is 2.68. The molecule has 114 valence electrons. The van der Waals surface area contributed by atoms with Crippen molar-refractivity contribution in [1.82, 2.24) is 5.32 Å². The Balaban J connectivity index is 2.08. The number of alkyl halides is 3. The first kappa shape index (κ1) is 16.9. The number of halogens is 4. The first-order chi connectivity index (χ1) is 9.37. The molecule has 0 aliphatic rings. The maximum absolute atomic E-state index is 12.7. The van der Waals surface area contributed by atoms with Gasteiger partial charge in [0, 0.05) is 12.6 Å². The summed E-state index contributed by atoms with van der Waals surface area (Å²) in [6.45, 7) is 1.44. The van der Waals surface area contributed by atoms with E-state index in [0.29, 0.717) is 13.0 Å². The zero-order chi connectivity index (χ0) is 15.0. The van der Waals surface area contributed by atoms with Gasteiger partial charge in [0.1, 0.15) is 12.4 Å². The Morgan fingerprint density at radius 3 is 2.45 bits per heavy atom. The van der Waals surface area contributed by atoms with Gasteiger partial charge in [-0.15, -0.1) is 0 Å². The Labute approximate surface area is 116 Å². The predicted octanol–water partition coefficient (Wildman–Crippen LogP) is 3.32. The molecule has 1 unspecified atom stereocenters. The fourth-order valence-electron chi connectivity index (χ4n) is 1.76. The third-order valence-electron chi connectivity index (χ3n) is 2.68. The molecule has 0 fully saturated rings. The molecule has 1 rings (SSSR count). The molecule has 0 saturated heterocycles. The first-order valence-electron chi connectivity index (χ1n) is 6.49. The van der Waals surface area contributed by atoms with Crippen LogP contribution in [0.2, 0.25) is 0 Å². The van der Waals surface area contributed by atoms with Crippen LogP contribution in [0.5, 0.6) is 0 Å². The molecule has 2 nitrogen and oxygen atoms in total. The summed E-state index contributed by atoms with van der Waals surface area (Å²) in [5, 5.41) is 3.19. The lowest BCUT2D eigenvalue weighted by molar-refractivity contribution is -0.173. The van der Waals surface area contributed by atoms with Crippen LogP contribution >= 0.6 is 0 Å². The van der Waals surface area contributed by atoms with Gasteiger partial charge >= 0.3 is 6.18 Å². The highest BCUT2D eigenvalue weighted by Crippen LogP contribution is 2.14. The van der Waals surface area contributed by atoms with E-state index in [1.54, 1.807) is 12.1 Å². The molecule has 1 N–H and O–H groups in total. The Morgan fingerprint density at radius 2 is 1.85 bits per heavy atom. The topological polar surface area (TPSA) is 21.3 Å². The van der Waals surface area contributed by atoms with Gasteiger partial charge in [0.2, 0.25) is 0 Å². The highest BCUT2D eigenvalue weighted by molar-refractivity contribution is 5.16. The Hall–Kier alpha value is -1.14. The molecule has 0 bridgehead atoms. The molecule has 0 heterocycles. The van der Waals surface area contributed by atoms with Gasteiger partial charge in [-0.05, 0) is 44.0 Å². The van der Waals surface area contributed by atoms with Crippen molar-refractivity contribution in [3.05, 3.63) is 35.6 Å². The second kappa shape index (κ2) is 8.21. The minimum absolute atomic E-state index is 0.0791. The largest absolute Gasteiger partial charge is 0.411 e. The fraction of sp³-hybridized carbons (Fsp3) is 0.571. The summed E-state index contributed by atoms with van der Waals surface area (Å²) < 4.78 is 52.6. The van der Waals surface area contributed by atoms with Crippen LogP contribution in [0.3, 0.4) is 0 Å². The Kier molecular flexibility index (Phi) is 6.95. The van der Waals surface area contributed by atoms with Crippen LogP contribution in [0.4, 0.5) is 17.6 Å². The summed E-state index contributed by atoms with van der Waals surface area (Å²) in [5.74, 6) is -0.267. The molecule has 0 aromatic heterocycles. The molecule has 0 aliphatic heterocycles. The number of ether oxygens (including phenoxy) is 1. The molecule has 0 aliphatic carbocycles. The van der Waals surface area contributed by atoms with Crippen molar-refractivity contribution in [2.75, 3.05) is 19.8 Å². The number of rotatable bonds is 8. The normalized spacial score (nSPS) is 13.4. The van der Waals surface area contributed by atoms with Crippen LogP contribution in [0.1, 0.15) is 18.9 Å². The zero-order valence-electron chi connectivity index (χ0n) is 11.3. The maximum atomic E-state index is 12.7. The van der Waals surface area contributed by atoms with E-state index in [4.69, 9.17) is 0 Å². The smallest absolute Gasteiger partial charge is 0.372 e. The molecule has 0 spiro atoms. The molecule has 20 heavy (non-hydrogen) atoms. The molecule has 0 saturated carbocycles. The lowest BCUT2D eigenvalue weighted by atomic mass is 10.1. The summed E-state index contributed by atoms with van der Waals surface area (Å²) in [4.78, 5) is 0. The Morgan fingerprint density at radius 1 is 1.20 bits per heavy atom. The van der Waals surface area contributed by atoms with Crippen LogP contribution in [0, 0.1) is 5.82 Å². The predicted molar refractivity (Wildman–Crippen MR) is 69.1 cm³/mol. The van der Waals surface area contributed by atoms with Gasteiger partial charge in [0.25, 0.3) is 0 Å². The summed E-state index contributed by atoms with van der Waals surface area (Å²) in [7, 11) is 0. The second-order valence-electron chi connectivity index (χ2n) is 4.71. The summed E-state index contributed by atoms with van der Waals surface area (Å²) in [6, 6.07) is 6.43. The molecule has 6 heteroatoms. The zero-order valence-corrected chi connectivity index (χ0v) is 11.3. The lowest BCUT2D eigenvalue weighted by Crippen LogP contribution is -2.29. The average Bonchev–Trinajstić information content (AvgIpc) is 2.35. The molecule has 1 aromatic carbocycles. The van der Waals surface area contributed by atoms with Crippen LogP contribution < -0.4 is 5.32 Å². The van der Waals surface area contributed by atoms with Gasteiger partial charge in [-0.1, -0.05) is 12.1 Å². The van der Waals surface area contributed by atoms with Gasteiger partial charge in [-0.3, -0.25) is 0 Å². The van der Waals surface area contributed by atoms with Crippen molar-refractivity contribution >= 4 is 0 Å². The van der Waals surface area contributed by atoms with E-state index in [2.05, 4.69) is 10.1 Å². The summed E-state index contributed by atoms with van der Waals surface area (Å²) >= 11 is 0. The van der Waals surface area contributed by atoms with E-state index in [1.807, 2.05) is 6.92 Å². The molecule has 0 radical (unpaired) electrons. The number of hydrogen-bond acceptors (Lipinski definition) is 2. The molecule has 1 aromatic rings. The van der Waals surface area contributed by atoms with E-state index < -0.39 is 12.8 Å². The van der Waals surface area contributed by atoms with Crippen molar-refractivity contribution in [2.24, 2.45) is 0 Å². The molecule has 0 amide bonds. The van der Waals surface area contributed by atoms with E-state index in [1.165, 1.54) is 12.1 Å². The Bertz CT molecular complexity index is 378. The standard InChI is InChI=1S/C14H19F4NO/c1-11(9-12-3-5-13(15)6-4-12)19-7-2-8-20-10-14(16,17)18/h3-6,11,19H,2,7-10H2,1H3. The number of hydrogen-bond donors (Lipinski definition) is 1. The summed E-state index contributed by atoms with van der Waals surface area (Å²) in [6.07, 6.45) is -3.00. The van der Waals surface area contributed by atoms with Crippen molar-refractivity contribution < 1.29 is 22.3 Å². The minimum Gasteiger partial charge on any atom is -0.372 e. The monoisotopic (exact) mass is 293 g/mol. The lowest BCUT2D eigenvalue weighted by Gasteiger charge is -2.14. The second-order valence-corrected chi connectivity index (χ2v) is 4.71. The van der Waals surface area contributed by atoms with Gasteiger partial charge < -0.3 is 10.1 Å². The minimum atomic E-state index is -4.26. The highest BCUT2D eigenvalue weighted by atomic mass is 19.4. The van der Waals surface area contributed by atoms with Crippen LogP contribution in [-0.2, 0) is 11.2 Å². The van der Waals surface area contributed by atoms with Crippen LogP contribution in [0.15, 0.2) is 24.3 Å². The van der Waals surface area contributed by atoms with Crippen LogP contribution in [0.25, 0.3) is 0 Å². The van der Waals surface area contributed by atoms with Gasteiger partial charge in [0.15, 0.2) is 0 Å². The SMILES string of the molecule is CC(Cc1ccc(F)cc1)NCCCOCC(F)(F)F. The number of nitrogens with one attached hydrogen (secondary N) is 1. The van der Waals surface area contributed by atoms with Gasteiger partial charge in [-0.25, -0.2) is 4.39 Å². The van der Waals surface area contributed by atoms with Crippen LogP contribution in [-0.4, -0.2) is 32.0 Å². The van der Waals surface area contributed by atoms with Crippen molar-refractivity contribution in [1.29, 1.82) is 0 Å². The van der Waals surface area contributed by atoms with E-state index in [-0.39, 0.29) is 18.5 Å². The van der Waals surface area contributed by atoms with Gasteiger partial charge in [-0.2, -0.15) is 13.2 Å². The molecular formula is C14H19F4NO. The first-order valence-corrected chi connectivity index (χ1v) is 6.49. The van der Waals surface area contributed by atoms with E-state index in [0.717, 1.165) is 12.0 Å². The van der Waals surface area contributed by atoms with Gasteiger partial charge in [0.05, 0.1) is 0 Å². The molecular weight excluding hydrogens is 274 g/mol. The quantitative estimate of drug-likeness (QED) is 0.586. The number of benzene rings is 1. The van der Waals surface area contributed by atoms with Crippen molar-refractivity contribution in [3.8, 4) is 0 Å². The van der Waals surface area contributed by atoms with Crippen molar-refractivity contribution in [2.45, 2.75) is 32.0 Å². The van der Waals surface area contributed by atoms with E-state index >= 15 is 0 Å². The van der Waals surface area contributed by atoms with Crippen molar-refractivity contribution in [3.63, 3.8) is 0 Å². The van der Waals surface area contributed by atoms with E-state index in [9.17, 15) is 17.6 Å². The third kappa shape index (κ3) is 8.12. The summed E-state index contributed by atoms with van der Waals surface area (Å²) in [5.41, 5.74) is 1.01. The molecule has 1 atom stereocenters. The fourth-order valence-corrected chi connectivity index (χ4v) is 1.76. The highest BCUT2D eigenvalue weighted by Gasteiger charge is 2.27. The maximum Gasteiger partial charge on any atom is 0.411 e. The average molecular weight is 293 g/mol.